The first kappa shape index (κ1) is 15.7. The monoisotopic (exact) mass is 323 g/mol. The molecule has 1 N–H and O–H groups in total. The number of methoxy groups -OCH3 is 1. The molecule has 5 heteroatoms. The summed E-state index contributed by atoms with van der Waals surface area (Å²) in [5.41, 5.74) is 3.34. The fourth-order valence-electron chi connectivity index (χ4n) is 1.91. The first-order valence-electron chi connectivity index (χ1n) is 6.38. The maximum atomic E-state index is 11.6. The molecule has 3 nitrogen and oxygen atoms in total. The van der Waals surface area contributed by atoms with Crippen molar-refractivity contribution < 1.29 is 9.53 Å². The van der Waals surface area contributed by atoms with Gasteiger partial charge in [0, 0.05) is 22.3 Å². The molecule has 0 amide bonds. The van der Waals surface area contributed by atoms with Crippen LogP contribution in [0.15, 0.2) is 36.4 Å². The zero-order valence-electron chi connectivity index (χ0n) is 11.7. The minimum absolute atomic E-state index is 0.359. The number of hydrogen-bond acceptors (Lipinski definition) is 3. The van der Waals surface area contributed by atoms with Crippen LogP contribution in [0.25, 0.3) is 0 Å². The third kappa shape index (κ3) is 3.90. The van der Waals surface area contributed by atoms with Gasteiger partial charge in [-0.1, -0.05) is 35.3 Å². The van der Waals surface area contributed by atoms with Gasteiger partial charge >= 0.3 is 5.97 Å². The Balaban J connectivity index is 2.17. The van der Waals surface area contributed by atoms with E-state index in [0.29, 0.717) is 22.2 Å². The van der Waals surface area contributed by atoms with Gasteiger partial charge in [0.2, 0.25) is 0 Å². The summed E-state index contributed by atoms with van der Waals surface area (Å²) in [5.74, 6) is -0.359. The summed E-state index contributed by atoms with van der Waals surface area (Å²) in [6.07, 6.45) is 0. The normalized spacial score (nSPS) is 10.3. The van der Waals surface area contributed by atoms with E-state index in [1.54, 1.807) is 24.3 Å². The zero-order chi connectivity index (χ0) is 15.4. The van der Waals surface area contributed by atoms with Crippen LogP contribution in [-0.2, 0) is 11.3 Å². The molecule has 0 saturated carbocycles. The van der Waals surface area contributed by atoms with Gasteiger partial charge < -0.3 is 10.1 Å². The van der Waals surface area contributed by atoms with E-state index in [4.69, 9.17) is 27.9 Å². The Morgan fingerprint density at radius 2 is 1.95 bits per heavy atom. The predicted molar refractivity (Wildman–Crippen MR) is 86.3 cm³/mol. The van der Waals surface area contributed by atoms with E-state index in [-0.39, 0.29) is 5.97 Å². The number of halogens is 2. The Morgan fingerprint density at radius 1 is 1.19 bits per heavy atom. The highest BCUT2D eigenvalue weighted by Gasteiger charge is 2.08. The fourth-order valence-corrected chi connectivity index (χ4v) is 2.39. The van der Waals surface area contributed by atoms with Crippen LogP contribution in [0.2, 0.25) is 10.0 Å². The third-order valence-electron chi connectivity index (χ3n) is 3.14. The molecule has 0 heterocycles. The molecule has 0 aromatic heterocycles. The Bertz CT molecular complexity index is 671. The molecule has 110 valence electrons. The lowest BCUT2D eigenvalue weighted by Gasteiger charge is -2.12. The molecule has 0 aliphatic heterocycles. The molecular formula is C16H15Cl2NO2. The molecule has 2 aromatic carbocycles. The third-order valence-corrected chi connectivity index (χ3v) is 3.73. The minimum Gasteiger partial charge on any atom is -0.465 e. The molecule has 0 saturated heterocycles. The SMILES string of the molecule is COC(=O)c1ccc(C)c(NCc2ccc(Cl)cc2Cl)c1. The molecule has 0 unspecified atom stereocenters. The summed E-state index contributed by atoms with van der Waals surface area (Å²) < 4.78 is 4.72. The number of benzene rings is 2. The van der Waals surface area contributed by atoms with E-state index in [0.717, 1.165) is 16.8 Å². The van der Waals surface area contributed by atoms with Gasteiger partial charge in [0.25, 0.3) is 0 Å². The second kappa shape index (κ2) is 6.83. The number of nitrogens with one attached hydrogen (secondary N) is 1. The average molecular weight is 324 g/mol. The van der Waals surface area contributed by atoms with Crippen molar-refractivity contribution in [1.29, 1.82) is 0 Å². The van der Waals surface area contributed by atoms with Crippen LogP contribution >= 0.6 is 23.2 Å². The molecule has 0 atom stereocenters. The highest BCUT2D eigenvalue weighted by atomic mass is 35.5. The quantitative estimate of drug-likeness (QED) is 0.829. The Labute approximate surface area is 133 Å². The molecule has 0 aliphatic rings. The highest BCUT2D eigenvalue weighted by Crippen LogP contribution is 2.23. The minimum atomic E-state index is -0.359. The Hall–Kier alpha value is -1.71. The average Bonchev–Trinajstić information content (AvgIpc) is 2.47. The van der Waals surface area contributed by atoms with Crippen molar-refractivity contribution in [3.63, 3.8) is 0 Å². The van der Waals surface area contributed by atoms with Crippen LogP contribution in [0, 0.1) is 6.92 Å². The van der Waals surface area contributed by atoms with Gasteiger partial charge in [0.05, 0.1) is 12.7 Å². The maximum Gasteiger partial charge on any atom is 0.337 e. The van der Waals surface area contributed by atoms with Gasteiger partial charge in [-0.2, -0.15) is 0 Å². The van der Waals surface area contributed by atoms with Crippen LogP contribution < -0.4 is 5.32 Å². The number of rotatable bonds is 4. The van der Waals surface area contributed by atoms with Crippen molar-refractivity contribution in [2.24, 2.45) is 0 Å². The fraction of sp³-hybridized carbons (Fsp3) is 0.188. The van der Waals surface area contributed by atoms with Gasteiger partial charge in [-0.15, -0.1) is 0 Å². The van der Waals surface area contributed by atoms with E-state index in [9.17, 15) is 4.79 Å². The van der Waals surface area contributed by atoms with Crippen molar-refractivity contribution >= 4 is 34.9 Å². The zero-order valence-corrected chi connectivity index (χ0v) is 13.3. The van der Waals surface area contributed by atoms with Gasteiger partial charge in [0.1, 0.15) is 0 Å². The Morgan fingerprint density at radius 3 is 2.62 bits per heavy atom. The maximum absolute atomic E-state index is 11.6. The van der Waals surface area contributed by atoms with Gasteiger partial charge in [-0.25, -0.2) is 4.79 Å². The summed E-state index contributed by atoms with van der Waals surface area (Å²) in [6.45, 7) is 2.51. The molecule has 2 rings (SSSR count). The molecular weight excluding hydrogens is 309 g/mol. The highest BCUT2D eigenvalue weighted by molar-refractivity contribution is 6.35. The van der Waals surface area contributed by atoms with Crippen LogP contribution in [0.4, 0.5) is 5.69 Å². The smallest absolute Gasteiger partial charge is 0.337 e. The predicted octanol–water partition coefficient (Wildman–Crippen LogP) is 4.70. The van der Waals surface area contributed by atoms with E-state index >= 15 is 0 Å². The number of aryl methyl sites for hydroxylation is 1. The number of carbonyl (C=O) groups excluding carboxylic acids is 1. The second-order valence-electron chi connectivity index (χ2n) is 4.61. The molecule has 0 bridgehead atoms. The lowest BCUT2D eigenvalue weighted by molar-refractivity contribution is 0.0601. The first-order valence-corrected chi connectivity index (χ1v) is 7.13. The summed E-state index contributed by atoms with van der Waals surface area (Å²) in [4.78, 5) is 11.6. The largest absolute Gasteiger partial charge is 0.465 e. The van der Waals surface area contributed by atoms with Crippen molar-refractivity contribution in [2.75, 3.05) is 12.4 Å². The molecule has 0 aliphatic carbocycles. The van der Waals surface area contributed by atoms with Crippen LogP contribution in [0.5, 0.6) is 0 Å². The molecule has 2 aromatic rings. The molecule has 21 heavy (non-hydrogen) atoms. The summed E-state index contributed by atoms with van der Waals surface area (Å²) in [6, 6.07) is 10.8. The summed E-state index contributed by atoms with van der Waals surface area (Å²) >= 11 is 12.0. The van der Waals surface area contributed by atoms with E-state index < -0.39 is 0 Å². The second-order valence-corrected chi connectivity index (χ2v) is 5.45. The first-order chi connectivity index (χ1) is 10.0. The lowest BCUT2D eigenvalue weighted by Crippen LogP contribution is -2.05. The van der Waals surface area contributed by atoms with Crippen molar-refractivity contribution in [3.05, 3.63) is 63.1 Å². The van der Waals surface area contributed by atoms with Crippen LogP contribution in [-0.4, -0.2) is 13.1 Å². The van der Waals surface area contributed by atoms with E-state index in [2.05, 4.69) is 5.32 Å². The number of carbonyl (C=O) groups is 1. The number of ether oxygens (including phenoxy) is 1. The molecule has 0 spiro atoms. The van der Waals surface area contributed by atoms with Gasteiger partial charge in [-0.3, -0.25) is 0 Å². The molecule has 0 radical (unpaired) electrons. The van der Waals surface area contributed by atoms with Gasteiger partial charge in [0.15, 0.2) is 0 Å². The number of anilines is 1. The molecule has 0 fully saturated rings. The van der Waals surface area contributed by atoms with E-state index in [1.807, 2.05) is 19.1 Å². The number of hydrogen-bond donors (Lipinski definition) is 1. The lowest BCUT2D eigenvalue weighted by atomic mass is 10.1. The van der Waals surface area contributed by atoms with E-state index in [1.165, 1.54) is 7.11 Å². The van der Waals surface area contributed by atoms with Crippen molar-refractivity contribution in [2.45, 2.75) is 13.5 Å². The summed E-state index contributed by atoms with van der Waals surface area (Å²) in [7, 11) is 1.36. The number of esters is 1. The van der Waals surface area contributed by atoms with Crippen LogP contribution in [0.3, 0.4) is 0 Å². The van der Waals surface area contributed by atoms with Gasteiger partial charge in [-0.05, 0) is 42.3 Å². The summed E-state index contributed by atoms with van der Waals surface area (Å²) in [5, 5.41) is 4.49. The topological polar surface area (TPSA) is 38.3 Å². The standard InChI is InChI=1S/C16H15Cl2NO2/c1-10-3-4-11(16(20)21-2)7-15(10)19-9-12-5-6-13(17)8-14(12)18/h3-8,19H,9H2,1-2H3. The van der Waals surface area contributed by atoms with Crippen molar-refractivity contribution in [1.82, 2.24) is 0 Å². The van der Waals surface area contributed by atoms with Crippen LogP contribution in [0.1, 0.15) is 21.5 Å². The van der Waals surface area contributed by atoms with Crippen molar-refractivity contribution in [3.8, 4) is 0 Å². The Kier molecular flexibility index (Phi) is 5.10.